The molecular weight excluding hydrogens is 418 g/mol. The molecule has 0 radical (unpaired) electrons. The molecule has 0 aliphatic heterocycles. The number of rotatable bonds is 7. The molecule has 166 valence electrons. The van der Waals surface area contributed by atoms with Crippen LogP contribution in [0.25, 0.3) is 16.9 Å². The molecule has 0 bridgehead atoms. The third-order valence-corrected chi connectivity index (χ3v) is 5.29. The fourth-order valence-electron chi connectivity index (χ4n) is 3.54. The number of methoxy groups -OCH3 is 1. The number of aryl methyl sites for hydroxylation is 1. The van der Waals surface area contributed by atoms with E-state index in [1.165, 1.54) is 19.4 Å². The number of nitrogens with zero attached hydrogens (tertiary/aromatic N) is 5. The second kappa shape index (κ2) is 8.74. The number of nitrogens with one attached hydrogen (secondary N) is 1. The summed E-state index contributed by atoms with van der Waals surface area (Å²) in [6.07, 6.45) is 0.132. The number of para-hydroxylation sites is 1. The van der Waals surface area contributed by atoms with Gasteiger partial charge in [0.15, 0.2) is 5.65 Å². The number of carbonyl (C=O) groups is 1. The number of halogens is 2. The molecular formula is C22H22F2N6O2. The zero-order valence-electron chi connectivity index (χ0n) is 17.8. The van der Waals surface area contributed by atoms with Crippen molar-refractivity contribution < 1.29 is 18.3 Å². The van der Waals surface area contributed by atoms with Gasteiger partial charge in [-0.15, -0.1) is 0 Å². The van der Waals surface area contributed by atoms with Crippen molar-refractivity contribution in [1.82, 2.24) is 29.7 Å². The molecule has 0 spiro atoms. The molecule has 4 aromatic rings. The number of aromatic nitrogens is 5. The van der Waals surface area contributed by atoms with E-state index < -0.39 is 12.3 Å². The average molecular weight is 440 g/mol. The lowest BCUT2D eigenvalue weighted by Crippen LogP contribution is -2.23. The minimum absolute atomic E-state index is 0.0437. The maximum absolute atomic E-state index is 13.8. The second-order valence-corrected chi connectivity index (χ2v) is 7.11. The van der Waals surface area contributed by atoms with Crippen molar-refractivity contribution in [3.05, 3.63) is 65.2 Å². The Balaban J connectivity index is 1.73. The molecule has 3 aromatic heterocycles. The zero-order valence-corrected chi connectivity index (χ0v) is 17.8. The number of amides is 1. The van der Waals surface area contributed by atoms with E-state index in [1.807, 2.05) is 18.5 Å². The molecule has 4 rings (SSSR count). The molecule has 0 aliphatic carbocycles. The van der Waals surface area contributed by atoms with Gasteiger partial charge >= 0.3 is 0 Å². The summed E-state index contributed by atoms with van der Waals surface area (Å²) < 4.78 is 35.8. The lowest BCUT2D eigenvalue weighted by atomic mass is 10.1. The Kier molecular flexibility index (Phi) is 5.85. The van der Waals surface area contributed by atoms with Crippen molar-refractivity contribution in [1.29, 1.82) is 0 Å². The van der Waals surface area contributed by atoms with Crippen LogP contribution in [0.15, 0.2) is 42.7 Å². The van der Waals surface area contributed by atoms with Crippen molar-refractivity contribution in [3.8, 4) is 17.0 Å². The highest BCUT2D eigenvalue weighted by atomic mass is 19.3. The molecule has 10 heteroatoms. The molecule has 0 saturated heterocycles. The molecule has 0 atom stereocenters. The summed E-state index contributed by atoms with van der Waals surface area (Å²) in [6.45, 7) is 4.87. The third kappa shape index (κ3) is 3.79. The van der Waals surface area contributed by atoms with Gasteiger partial charge in [-0.25, -0.2) is 18.3 Å². The fraction of sp³-hybridized carbons (Fsp3) is 0.273. The van der Waals surface area contributed by atoms with Gasteiger partial charge in [-0.05, 0) is 32.0 Å². The Morgan fingerprint density at radius 2 is 2.00 bits per heavy atom. The molecule has 0 aliphatic rings. The van der Waals surface area contributed by atoms with Crippen LogP contribution in [-0.4, -0.2) is 37.4 Å². The van der Waals surface area contributed by atoms with Crippen LogP contribution in [0.4, 0.5) is 8.78 Å². The molecule has 0 unspecified atom stereocenters. The molecule has 0 saturated carbocycles. The van der Waals surface area contributed by atoms with Crippen LogP contribution in [-0.2, 0) is 13.1 Å². The highest BCUT2D eigenvalue weighted by Crippen LogP contribution is 2.32. The SMILES string of the molecule is CCn1ncc(CNC(=O)c2cnn3c(C(F)F)cc(-c4ccccc4OC)nc23)c1C. The summed E-state index contributed by atoms with van der Waals surface area (Å²) in [7, 11) is 1.49. The molecule has 1 N–H and O–H groups in total. The van der Waals surface area contributed by atoms with Crippen LogP contribution in [0.2, 0.25) is 0 Å². The van der Waals surface area contributed by atoms with Gasteiger partial charge in [0.1, 0.15) is 17.0 Å². The van der Waals surface area contributed by atoms with Crippen molar-refractivity contribution in [2.24, 2.45) is 0 Å². The Morgan fingerprint density at radius 3 is 2.69 bits per heavy atom. The maximum Gasteiger partial charge on any atom is 0.280 e. The first kappa shape index (κ1) is 21.4. The van der Waals surface area contributed by atoms with Gasteiger partial charge in [0.25, 0.3) is 12.3 Å². The van der Waals surface area contributed by atoms with Crippen molar-refractivity contribution in [2.75, 3.05) is 7.11 Å². The van der Waals surface area contributed by atoms with E-state index in [0.717, 1.165) is 22.3 Å². The van der Waals surface area contributed by atoms with E-state index in [1.54, 1.807) is 30.5 Å². The lowest BCUT2D eigenvalue weighted by Gasteiger charge is -2.11. The van der Waals surface area contributed by atoms with Gasteiger partial charge in [-0.1, -0.05) is 12.1 Å². The first-order valence-electron chi connectivity index (χ1n) is 10.0. The standard InChI is InChI=1S/C22H22F2N6O2/c1-4-29-13(2)14(11-26-29)10-25-22(31)16-12-27-30-18(20(23)24)9-17(28-21(16)30)15-7-5-6-8-19(15)32-3/h5-9,11-12,20H,4,10H2,1-3H3,(H,25,31). The second-order valence-electron chi connectivity index (χ2n) is 7.11. The van der Waals surface area contributed by atoms with E-state index in [-0.39, 0.29) is 29.1 Å². The number of ether oxygens (including phenoxy) is 1. The van der Waals surface area contributed by atoms with Crippen molar-refractivity contribution >= 4 is 11.6 Å². The van der Waals surface area contributed by atoms with E-state index in [4.69, 9.17) is 4.74 Å². The first-order chi connectivity index (χ1) is 15.4. The van der Waals surface area contributed by atoms with Gasteiger partial charge in [0.05, 0.1) is 25.2 Å². The monoisotopic (exact) mass is 440 g/mol. The van der Waals surface area contributed by atoms with Gasteiger partial charge in [0, 0.05) is 29.9 Å². The zero-order chi connectivity index (χ0) is 22.8. The van der Waals surface area contributed by atoms with Gasteiger partial charge in [0.2, 0.25) is 0 Å². The molecule has 1 aromatic carbocycles. The van der Waals surface area contributed by atoms with E-state index in [0.29, 0.717) is 11.3 Å². The van der Waals surface area contributed by atoms with Gasteiger partial charge in [-0.3, -0.25) is 9.48 Å². The van der Waals surface area contributed by atoms with E-state index >= 15 is 0 Å². The Bertz CT molecular complexity index is 1280. The summed E-state index contributed by atoms with van der Waals surface area (Å²) in [5.41, 5.74) is 2.40. The van der Waals surface area contributed by atoms with Crippen molar-refractivity contribution in [2.45, 2.75) is 33.4 Å². The number of hydrogen-bond donors (Lipinski definition) is 1. The Morgan fingerprint density at radius 1 is 1.22 bits per heavy atom. The number of fused-ring (bicyclic) bond motifs is 1. The molecule has 3 heterocycles. The Hall–Kier alpha value is -3.82. The van der Waals surface area contributed by atoms with Gasteiger partial charge < -0.3 is 10.1 Å². The van der Waals surface area contributed by atoms with Crippen LogP contribution in [0, 0.1) is 6.92 Å². The highest BCUT2D eigenvalue weighted by molar-refractivity contribution is 5.99. The quantitative estimate of drug-likeness (QED) is 0.473. The van der Waals surface area contributed by atoms with Crippen LogP contribution < -0.4 is 10.1 Å². The summed E-state index contributed by atoms with van der Waals surface area (Å²) in [4.78, 5) is 17.4. The predicted octanol–water partition coefficient (Wildman–Crippen LogP) is 3.80. The summed E-state index contributed by atoms with van der Waals surface area (Å²) in [6, 6.07) is 8.22. The average Bonchev–Trinajstić information content (AvgIpc) is 3.39. The predicted molar refractivity (Wildman–Crippen MR) is 114 cm³/mol. The molecule has 32 heavy (non-hydrogen) atoms. The minimum atomic E-state index is -2.81. The lowest BCUT2D eigenvalue weighted by molar-refractivity contribution is 0.0952. The Labute approximate surface area is 182 Å². The molecule has 0 fully saturated rings. The topological polar surface area (TPSA) is 86.3 Å². The third-order valence-electron chi connectivity index (χ3n) is 5.29. The minimum Gasteiger partial charge on any atom is -0.496 e. The normalized spacial score (nSPS) is 11.3. The molecule has 8 nitrogen and oxygen atoms in total. The van der Waals surface area contributed by atoms with Crippen molar-refractivity contribution in [3.63, 3.8) is 0 Å². The van der Waals surface area contributed by atoms with Crippen LogP contribution in [0.5, 0.6) is 5.75 Å². The van der Waals surface area contributed by atoms with Crippen LogP contribution >= 0.6 is 0 Å². The summed E-state index contributed by atoms with van der Waals surface area (Å²) in [5, 5.41) is 11.1. The fourth-order valence-corrected chi connectivity index (χ4v) is 3.54. The first-order valence-corrected chi connectivity index (χ1v) is 10.0. The maximum atomic E-state index is 13.8. The van der Waals surface area contributed by atoms with Crippen LogP contribution in [0.3, 0.4) is 0 Å². The van der Waals surface area contributed by atoms with Gasteiger partial charge in [-0.2, -0.15) is 10.2 Å². The van der Waals surface area contributed by atoms with Crippen LogP contribution in [0.1, 0.15) is 40.7 Å². The molecule has 1 amide bonds. The number of benzene rings is 1. The van der Waals surface area contributed by atoms with E-state index in [9.17, 15) is 13.6 Å². The summed E-state index contributed by atoms with van der Waals surface area (Å²) in [5.74, 6) is 0.0204. The highest BCUT2D eigenvalue weighted by Gasteiger charge is 2.22. The number of alkyl halides is 2. The number of hydrogen-bond acceptors (Lipinski definition) is 5. The number of carbonyl (C=O) groups excluding carboxylic acids is 1. The summed E-state index contributed by atoms with van der Waals surface area (Å²) >= 11 is 0. The largest absolute Gasteiger partial charge is 0.496 e. The van der Waals surface area contributed by atoms with E-state index in [2.05, 4.69) is 20.5 Å². The smallest absolute Gasteiger partial charge is 0.280 e.